The molecule has 1 aromatic heterocycles. The van der Waals surface area contributed by atoms with Crippen molar-refractivity contribution in [2.24, 2.45) is 0 Å². The standard InChI is InChI=1S/C33H35F3N4O3/c1-39-10-12-40(13-11-39)21-26-9-8-25(17-29(26)33(34,35)36)31(41)38-20-23-5-3-4-22(14-23)6-7-24-15-27-16-28(32(42)43-2)18-30(27)37-19-24/h3-5,8-9,14-17,19H,6-7,10-13,18,20-21H2,1-2H3,(H,38,41). The van der Waals surface area contributed by atoms with Gasteiger partial charge in [0.1, 0.15) is 0 Å². The number of hydrogen-bond donors (Lipinski definition) is 1. The van der Waals surface area contributed by atoms with E-state index in [0.717, 1.165) is 59.9 Å². The van der Waals surface area contributed by atoms with Crippen LogP contribution in [0, 0.1) is 0 Å². The molecule has 0 radical (unpaired) electrons. The summed E-state index contributed by atoms with van der Waals surface area (Å²) in [5.74, 6) is -0.895. The number of ether oxygens (including phenoxy) is 1. The topological polar surface area (TPSA) is 74.8 Å². The fourth-order valence-corrected chi connectivity index (χ4v) is 5.48. The van der Waals surface area contributed by atoms with E-state index >= 15 is 0 Å². The van der Waals surface area contributed by atoms with Crippen LogP contribution in [0.15, 0.2) is 60.3 Å². The first-order chi connectivity index (χ1) is 20.6. The summed E-state index contributed by atoms with van der Waals surface area (Å²) in [5.41, 5.74) is 4.73. The smallest absolute Gasteiger partial charge is 0.416 e. The summed E-state index contributed by atoms with van der Waals surface area (Å²) in [6.07, 6.45) is 1.02. The van der Waals surface area contributed by atoms with E-state index in [1.54, 1.807) is 0 Å². The van der Waals surface area contributed by atoms with E-state index in [1.165, 1.54) is 19.2 Å². The van der Waals surface area contributed by atoms with E-state index in [1.807, 2.05) is 54.6 Å². The first kappa shape index (κ1) is 30.4. The zero-order valence-corrected chi connectivity index (χ0v) is 24.3. The molecule has 7 nitrogen and oxygen atoms in total. The van der Waals surface area contributed by atoms with Gasteiger partial charge in [0.25, 0.3) is 5.91 Å². The summed E-state index contributed by atoms with van der Waals surface area (Å²) in [6, 6.07) is 13.7. The fraction of sp³-hybridized carbons (Fsp3) is 0.364. The number of rotatable bonds is 9. The van der Waals surface area contributed by atoms with Gasteiger partial charge < -0.3 is 15.0 Å². The molecule has 1 aliphatic heterocycles. The SMILES string of the molecule is COC(=O)C1=Cc2cc(CCc3cccc(CNC(=O)c4ccc(CN5CCN(C)CC5)c(C(F)(F)F)c4)c3)cnc2C1. The molecule has 2 aromatic carbocycles. The quantitative estimate of drug-likeness (QED) is 0.364. The number of amides is 1. The van der Waals surface area contributed by atoms with Crippen molar-refractivity contribution < 1.29 is 27.5 Å². The minimum atomic E-state index is -4.55. The molecular formula is C33H35F3N4O3. The third-order valence-electron chi connectivity index (χ3n) is 8.01. The van der Waals surface area contributed by atoms with Crippen molar-refractivity contribution >= 4 is 18.0 Å². The van der Waals surface area contributed by atoms with Crippen LogP contribution in [-0.4, -0.2) is 67.0 Å². The lowest BCUT2D eigenvalue weighted by Gasteiger charge is -2.33. The van der Waals surface area contributed by atoms with E-state index in [0.29, 0.717) is 25.1 Å². The van der Waals surface area contributed by atoms with Crippen LogP contribution in [0.2, 0.25) is 0 Å². The van der Waals surface area contributed by atoms with E-state index in [9.17, 15) is 22.8 Å². The number of likely N-dealkylation sites (N-methyl/N-ethyl adjacent to an activating group) is 1. The highest BCUT2D eigenvalue weighted by Gasteiger charge is 2.34. The molecule has 0 unspecified atom stereocenters. The second-order valence-electron chi connectivity index (χ2n) is 11.2. The molecule has 1 saturated heterocycles. The number of nitrogens with zero attached hydrogens (tertiary/aromatic N) is 3. The minimum absolute atomic E-state index is 0.0147. The van der Waals surface area contributed by atoms with Crippen LogP contribution < -0.4 is 5.32 Å². The van der Waals surface area contributed by atoms with Crippen molar-refractivity contribution in [1.82, 2.24) is 20.1 Å². The molecule has 1 aliphatic carbocycles. The molecule has 43 heavy (non-hydrogen) atoms. The first-order valence-electron chi connectivity index (χ1n) is 14.3. The average Bonchev–Trinajstić information content (AvgIpc) is 3.43. The van der Waals surface area contributed by atoms with Crippen molar-refractivity contribution in [3.8, 4) is 0 Å². The summed E-state index contributed by atoms with van der Waals surface area (Å²) in [6.45, 7) is 3.42. The number of esters is 1. The Morgan fingerprint density at radius 1 is 0.977 bits per heavy atom. The van der Waals surface area contributed by atoms with E-state index < -0.39 is 17.6 Å². The average molecular weight is 593 g/mol. The van der Waals surface area contributed by atoms with Crippen LogP contribution in [0.25, 0.3) is 6.08 Å². The monoisotopic (exact) mass is 592 g/mol. The maximum atomic E-state index is 13.9. The number of aromatic nitrogens is 1. The zero-order chi connectivity index (χ0) is 30.6. The number of carbonyl (C=O) groups is 2. The molecule has 2 heterocycles. The molecular weight excluding hydrogens is 557 g/mol. The van der Waals surface area contributed by atoms with Crippen molar-refractivity contribution in [2.75, 3.05) is 40.3 Å². The summed E-state index contributed by atoms with van der Waals surface area (Å²) < 4.78 is 46.6. The van der Waals surface area contributed by atoms with Gasteiger partial charge >= 0.3 is 12.1 Å². The molecule has 3 aromatic rings. The highest BCUT2D eigenvalue weighted by molar-refractivity contribution is 5.96. The van der Waals surface area contributed by atoms with Gasteiger partial charge in [-0.15, -0.1) is 0 Å². The van der Waals surface area contributed by atoms with Gasteiger partial charge in [0.15, 0.2) is 0 Å². The number of benzene rings is 2. The highest BCUT2D eigenvalue weighted by atomic mass is 19.4. The van der Waals surface area contributed by atoms with Crippen LogP contribution in [0.1, 0.15) is 49.4 Å². The van der Waals surface area contributed by atoms with Crippen LogP contribution in [0.3, 0.4) is 0 Å². The van der Waals surface area contributed by atoms with Gasteiger partial charge in [0, 0.05) is 63.0 Å². The van der Waals surface area contributed by atoms with Crippen molar-refractivity contribution in [3.63, 3.8) is 0 Å². The summed E-state index contributed by atoms with van der Waals surface area (Å²) in [7, 11) is 3.36. The molecule has 0 atom stereocenters. The minimum Gasteiger partial charge on any atom is -0.466 e. The Morgan fingerprint density at radius 3 is 2.47 bits per heavy atom. The fourth-order valence-electron chi connectivity index (χ4n) is 5.48. The molecule has 0 saturated carbocycles. The normalized spacial score (nSPS) is 15.6. The predicted octanol–water partition coefficient (Wildman–Crippen LogP) is 4.68. The van der Waals surface area contributed by atoms with E-state index in [-0.39, 0.29) is 30.2 Å². The zero-order valence-electron chi connectivity index (χ0n) is 24.3. The molecule has 2 aliphatic rings. The van der Waals surface area contributed by atoms with Crippen LogP contribution in [0.4, 0.5) is 13.2 Å². The molecule has 0 spiro atoms. The van der Waals surface area contributed by atoms with E-state index in [2.05, 4.69) is 15.2 Å². The Hall–Kier alpha value is -4.02. The van der Waals surface area contributed by atoms with Gasteiger partial charge in [-0.05, 0) is 72.0 Å². The highest BCUT2D eigenvalue weighted by Crippen LogP contribution is 2.33. The summed E-state index contributed by atoms with van der Waals surface area (Å²) >= 11 is 0. The number of aryl methyl sites for hydroxylation is 2. The molecule has 10 heteroatoms. The van der Waals surface area contributed by atoms with Crippen LogP contribution in [-0.2, 0) is 48.1 Å². The molecule has 1 fully saturated rings. The Labute approximate surface area is 249 Å². The number of carbonyl (C=O) groups excluding carboxylic acids is 2. The maximum absolute atomic E-state index is 13.9. The Morgan fingerprint density at radius 2 is 1.72 bits per heavy atom. The second kappa shape index (κ2) is 13.1. The number of fused-ring (bicyclic) bond motifs is 1. The van der Waals surface area contributed by atoms with Crippen LogP contribution >= 0.6 is 0 Å². The molecule has 226 valence electrons. The number of halogens is 3. The van der Waals surface area contributed by atoms with Gasteiger partial charge in [0.2, 0.25) is 0 Å². The largest absolute Gasteiger partial charge is 0.466 e. The number of hydrogen-bond acceptors (Lipinski definition) is 6. The van der Waals surface area contributed by atoms with Gasteiger partial charge in [-0.3, -0.25) is 14.7 Å². The Bertz CT molecular complexity index is 1530. The van der Waals surface area contributed by atoms with Crippen molar-refractivity contribution in [1.29, 1.82) is 0 Å². The Kier molecular flexibility index (Phi) is 9.27. The maximum Gasteiger partial charge on any atom is 0.416 e. The van der Waals surface area contributed by atoms with Crippen molar-refractivity contribution in [3.05, 3.63) is 105 Å². The van der Waals surface area contributed by atoms with Crippen LogP contribution in [0.5, 0.6) is 0 Å². The number of piperazine rings is 1. The molecule has 5 rings (SSSR count). The molecule has 1 N–H and O–H groups in total. The number of nitrogens with one attached hydrogen (secondary N) is 1. The lowest BCUT2D eigenvalue weighted by Crippen LogP contribution is -2.44. The first-order valence-corrected chi connectivity index (χ1v) is 14.3. The summed E-state index contributed by atoms with van der Waals surface area (Å²) in [4.78, 5) is 33.4. The number of methoxy groups -OCH3 is 1. The van der Waals surface area contributed by atoms with Crippen molar-refractivity contribution in [2.45, 2.75) is 38.5 Å². The third-order valence-corrected chi connectivity index (χ3v) is 8.01. The molecule has 0 bridgehead atoms. The lowest BCUT2D eigenvalue weighted by atomic mass is 10.0. The number of pyridine rings is 1. The van der Waals surface area contributed by atoms with E-state index in [4.69, 9.17) is 4.74 Å². The Balaban J connectivity index is 1.19. The molecule has 1 amide bonds. The number of alkyl halides is 3. The third kappa shape index (κ3) is 7.69. The second-order valence-corrected chi connectivity index (χ2v) is 11.2. The predicted molar refractivity (Wildman–Crippen MR) is 157 cm³/mol. The summed E-state index contributed by atoms with van der Waals surface area (Å²) in [5, 5.41) is 2.77. The van der Waals surface area contributed by atoms with Gasteiger partial charge in [-0.25, -0.2) is 4.79 Å². The van der Waals surface area contributed by atoms with Gasteiger partial charge in [-0.2, -0.15) is 13.2 Å². The van der Waals surface area contributed by atoms with Gasteiger partial charge in [0.05, 0.1) is 18.4 Å². The lowest BCUT2D eigenvalue weighted by molar-refractivity contribution is -0.138. The van der Waals surface area contributed by atoms with Gasteiger partial charge in [-0.1, -0.05) is 30.3 Å².